The number of nitrogens with one attached hydrogen (secondary N) is 5. The van der Waals surface area contributed by atoms with Crippen molar-refractivity contribution in [2.75, 3.05) is 86.7 Å². The van der Waals surface area contributed by atoms with Gasteiger partial charge in [-0.05, 0) is 122 Å². The summed E-state index contributed by atoms with van der Waals surface area (Å²) in [5.41, 5.74) is 7.29. The number of hydrogen-bond acceptors (Lipinski definition) is 14. The van der Waals surface area contributed by atoms with Crippen LogP contribution in [0.1, 0.15) is 62.5 Å². The van der Waals surface area contributed by atoms with Gasteiger partial charge in [0.05, 0.1) is 39.7 Å². The molecule has 0 spiro atoms. The lowest BCUT2D eigenvalue weighted by molar-refractivity contribution is -0.134. The van der Waals surface area contributed by atoms with Crippen LogP contribution in [-0.4, -0.2) is 104 Å². The molecule has 64 heavy (non-hydrogen) atoms. The molecule has 15 nitrogen and oxygen atoms in total. The summed E-state index contributed by atoms with van der Waals surface area (Å²) in [4.78, 5) is 47.0. The van der Waals surface area contributed by atoms with E-state index in [0.29, 0.717) is 68.8 Å². The quantitative estimate of drug-likeness (QED) is 0.0385. The highest BCUT2D eigenvalue weighted by atomic mass is 79.9. The van der Waals surface area contributed by atoms with Crippen molar-refractivity contribution < 1.29 is 18.9 Å². The van der Waals surface area contributed by atoms with E-state index in [9.17, 15) is 14.2 Å². The second-order valence-electron chi connectivity index (χ2n) is 17.4. The number of anilines is 6. The Bertz CT molecular complexity index is 2510. The van der Waals surface area contributed by atoms with Crippen LogP contribution in [0.25, 0.3) is 11.0 Å². The van der Waals surface area contributed by atoms with Crippen LogP contribution in [0.3, 0.4) is 0 Å². The summed E-state index contributed by atoms with van der Waals surface area (Å²) < 4.78 is 20.1. The molecular formula is C47H59BrN11O4P. The number of fused-ring (bicyclic) bond motifs is 1. The summed E-state index contributed by atoms with van der Waals surface area (Å²) in [5, 5.41) is 17.4. The summed E-state index contributed by atoms with van der Waals surface area (Å²) >= 11 is 3.60. The first-order valence-corrected chi connectivity index (χ1v) is 25.8. The standard InChI is InChI=1S/C47H59BrN11O4P/c1-5-31-26-39(55-47-53-29-36(48)45(57-47)54-38-12-11-37-43(52-21-20-51-37)44(38)64(3,4)62)41(63-2)27-40(31)59-24-16-33(17-25-59)50-19-18-49-28-30-14-22-58(23-15-30)34-8-6-32(7-9-34)35-10-13-42(60)56-46(35)61/h6-9,11-12,20-21,26-27,29-30,33,35,49-50H,5,10,13-19,22-25,28H2,1-4H3,(H,56,60,61)(H2,53,54,55,57). The first kappa shape index (κ1) is 45.4. The maximum absolute atomic E-state index is 13.5. The van der Waals surface area contributed by atoms with E-state index < -0.39 is 7.14 Å². The number of hydrogen-bond donors (Lipinski definition) is 5. The maximum Gasteiger partial charge on any atom is 0.234 e. The molecule has 5 N–H and O–H groups in total. The summed E-state index contributed by atoms with van der Waals surface area (Å²) in [7, 11) is -1.08. The molecule has 3 aromatic carbocycles. The van der Waals surface area contributed by atoms with Gasteiger partial charge in [0.15, 0.2) is 0 Å². The lowest BCUT2D eigenvalue weighted by atomic mass is 9.90. The highest BCUT2D eigenvalue weighted by molar-refractivity contribution is 9.10. The minimum atomic E-state index is -2.76. The Balaban J connectivity index is 0.794. The molecule has 2 amide bonds. The molecule has 338 valence electrons. The lowest BCUT2D eigenvalue weighted by Crippen LogP contribution is -2.45. The fraction of sp³-hybridized carbons (Fsp3) is 0.447. The van der Waals surface area contributed by atoms with Gasteiger partial charge in [0.25, 0.3) is 0 Å². The van der Waals surface area contributed by atoms with Gasteiger partial charge in [-0.2, -0.15) is 4.98 Å². The van der Waals surface area contributed by atoms with Gasteiger partial charge in [-0.15, -0.1) is 0 Å². The van der Waals surface area contributed by atoms with Crippen LogP contribution in [-0.2, 0) is 20.6 Å². The average Bonchev–Trinajstić information content (AvgIpc) is 3.30. The molecule has 0 saturated carbocycles. The third-order valence-electron chi connectivity index (χ3n) is 12.7. The van der Waals surface area contributed by atoms with Gasteiger partial charge in [-0.3, -0.25) is 24.9 Å². The number of halogens is 1. The van der Waals surface area contributed by atoms with Crippen LogP contribution in [0.2, 0.25) is 0 Å². The van der Waals surface area contributed by atoms with Gasteiger partial charge in [0.2, 0.25) is 17.8 Å². The number of piperidine rings is 3. The minimum Gasteiger partial charge on any atom is -0.494 e. The molecule has 3 fully saturated rings. The number of aromatic nitrogens is 4. The van der Waals surface area contributed by atoms with Crippen molar-refractivity contribution in [1.29, 1.82) is 0 Å². The number of nitrogens with zero attached hydrogens (tertiary/aromatic N) is 6. The Kier molecular flexibility index (Phi) is 14.4. The minimum absolute atomic E-state index is 0.178. The van der Waals surface area contributed by atoms with Gasteiger partial charge < -0.3 is 40.4 Å². The molecule has 5 heterocycles. The van der Waals surface area contributed by atoms with Gasteiger partial charge in [-0.1, -0.05) is 19.1 Å². The van der Waals surface area contributed by atoms with Crippen LogP contribution in [0.5, 0.6) is 5.75 Å². The second-order valence-corrected chi connectivity index (χ2v) is 21.4. The zero-order valence-corrected chi connectivity index (χ0v) is 39.6. The molecule has 3 aliphatic rings. The Hall–Kier alpha value is -5.15. The molecule has 3 aliphatic heterocycles. The fourth-order valence-electron chi connectivity index (χ4n) is 9.21. The predicted octanol–water partition coefficient (Wildman–Crippen LogP) is 7.07. The van der Waals surface area contributed by atoms with E-state index in [2.05, 4.69) is 98.5 Å². The number of ether oxygens (including phenoxy) is 1. The Morgan fingerprint density at radius 3 is 2.34 bits per heavy atom. The maximum atomic E-state index is 13.5. The number of imide groups is 1. The largest absolute Gasteiger partial charge is 0.494 e. The summed E-state index contributed by atoms with van der Waals surface area (Å²) in [6.07, 6.45) is 11.2. The number of aryl methyl sites for hydroxylation is 1. The smallest absolute Gasteiger partial charge is 0.234 e. The summed E-state index contributed by atoms with van der Waals surface area (Å²) in [6.45, 7) is 12.5. The first-order valence-electron chi connectivity index (χ1n) is 22.4. The van der Waals surface area contributed by atoms with Crippen molar-refractivity contribution in [3.05, 3.63) is 82.7 Å². The molecular weight excluding hydrogens is 893 g/mol. The number of rotatable bonds is 16. The summed E-state index contributed by atoms with van der Waals surface area (Å²) in [6, 6.07) is 16.8. The average molecular weight is 953 g/mol. The molecule has 0 bridgehead atoms. The second kappa shape index (κ2) is 20.4. The lowest BCUT2D eigenvalue weighted by Gasteiger charge is -2.36. The van der Waals surface area contributed by atoms with Crippen LogP contribution >= 0.6 is 23.1 Å². The number of methoxy groups -OCH3 is 1. The predicted molar refractivity (Wildman–Crippen MR) is 260 cm³/mol. The van der Waals surface area contributed by atoms with Crippen LogP contribution < -0.4 is 46.4 Å². The molecule has 2 aromatic heterocycles. The Morgan fingerprint density at radius 1 is 0.875 bits per heavy atom. The molecule has 3 saturated heterocycles. The monoisotopic (exact) mass is 951 g/mol. The van der Waals surface area contributed by atoms with E-state index in [4.69, 9.17) is 9.72 Å². The normalized spacial score (nSPS) is 17.7. The van der Waals surface area contributed by atoms with Crippen molar-refractivity contribution in [3.8, 4) is 5.75 Å². The zero-order chi connectivity index (χ0) is 44.8. The molecule has 17 heteroatoms. The Labute approximate surface area is 383 Å². The summed E-state index contributed by atoms with van der Waals surface area (Å²) in [5.74, 6) is 1.67. The SMILES string of the molecule is CCc1cc(Nc2ncc(Br)c(Nc3ccc4nccnc4c3P(C)(C)=O)n2)c(OC)cc1N1CCC(NCCNCC2CCN(c3ccc(C4CCC(=O)NC4=O)cc3)CC2)CC1. The Morgan fingerprint density at radius 2 is 1.62 bits per heavy atom. The van der Waals surface area contributed by atoms with E-state index in [1.165, 1.54) is 16.9 Å². The van der Waals surface area contributed by atoms with Crippen molar-refractivity contribution in [1.82, 2.24) is 35.9 Å². The third-order valence-corrected chi connectivity index (χ3v) is 14.8. The number of carbonyl (C=O) groups is 2. The van der Waals surface area contributed by atoms with Crippen LogP contribution in [0, 0.1) is 5.92 Å². The number of amides is 2. The topological polar surface area (TPSA) is 179 Å². The highest BCUT2D eigenvalue weighted by Gasteiger charge is 2.29. The van der Waals surface area contributed by atoms with Crippen molar-refractivity contribution in [2.24, 2.45) is 5.92 Å². The van der Waals surface area contributed by atoms with Gasteiger partial charge >= 0.3 is 0 Å². The van der Waals surface area contributed by atoms with Crippen LogP contribution in [0.15, 0.2) is 71.6 Å². The number of carbonyl (C=O) groups excluding carboxylic acids is 2. The molecule has 1 unspecified atom stereocenters. The van der Waals surface area contributed by atoms with Crippen molar-refractivity contribution >= 4 is 85.7 Å². The highest BCUT2D eigenvalue weighted by Crippen LogP contribution is 2.42. The molecule has 8 rings (SSSR count). The molecule has 5 aromatic rings. The van der Waals surface area contributed by atoms with E-state index in [0.717, 1.165) is 89.2 Å². The molecule has 0 aliphatic carbocycles. The van der Waals surface area contributed by atoms with E-state index in [-0.39, 0.29) is 17.7 Å². The molecule has 0 radical (unpaired) electrons. The van der Waals surface area contributed by atoms with Crippen molar-refractivity contribution in [3.63, 3.8) is 0 Å². The van der Waals surface area contributed by atoms with Crippen LogP contribution in [0.4, 0.5) is 34.5 Å². The van der Waals surface area contributed by atoms with E-state index >= 15 is 0 Å². The van der Waals surface area contributed by atoms with Gasteiger partial charge in [-0.25, -0.2) is 4.98 Å². The zero-order valence-electron chi connectivity index (χ0n) is 37.1. The fourth-order valence-corrected chi connectivity index (χ4v) is 10.9. The van der Waals surface area contributed by atoms with Crippen molar-refractivity contribution in [2.45, 2.75) is 63.8 Å². The van der Waals surface area contributed by atoms with Gasteiger partial charge in [0, 0.05) is 87.8 Å². The van der Waals surface area contributed by atoms with E-state index in [1.807, 2.05) is 24.3 Å². The first-order chi connectivity index (χ1) is 31.0. The van der Waals surface area contributed by atoms with E-state index in [1.54, 1.807) is 39.0 Å². The third kappa shape index (κ3) is 10.7. The number of benzene rings is 3. The van der Waals surface area contributed by atoms with Gasteiger partial charge in [0.1, 0.15) is 24.2 Å². The molecule has 1 atom stereocenters.